The van der Waals surface area contributed by atoms with E-state index >= 15 is 0 Å². The zero-order valence-corrected chi connectivity index (χ0v) is 18.0. The van der Waals surface area contributed by atoms with Crippen LogP contribution in [0.5, 0.6) is 0 Å². The monoisotopic (exact) mass is 417 g/mol. The lowest BCUT2D eigenvalue weighted by Crippen LogP contribution is -2.13. The summed E-state index contributed by atoms with van der Waals surface area (Å²) in [5.41, 5.74) is 5.52. The Kier molecular flexibility index (Phi) is 5.10. The normalized spacial score (nSPS) is 17.6. The Morgan fingerprint density at radius 1 is 1.32 bits per heavy atom. The maximum Gasteiger partial charge on any atom is 0.322 e. The van der Waals surface area contributed by atoms with Crippen LogP contribution in [0.1, 0.15) is 66.8 Å². The van der Waals surface area contributed by atoms with Crippen molar-refractivity contribution < 1.29 is 14.1 Å². The minimum absolute atomic E-state index is 0.459. The van der Waals surface area contributed by atoms with Gasteiger partial charge in [-0.1, -0.05) is 12.1 Å². The number of amides is 2. The molecule has 2 N–H and O–H groups in total. The molecular weight excluding hydrogens is 392 g/mol. The molecule has 150 valence electrons. The summed E-state index contributed by atoms with van der Waals surface area (Å²) in [6.45, 7) is 5.40. The van der Waals surface area contributed by atoms with Gasteiger partial charge in [0.25, 0.3) is 0 Å². The van der Waals surface area contributed by atoms with Crippen LogP contribution in [0.2, 0.25) is 0 Å². The zero-order valence-electron chi connectivity index (χ0n) is 16.4. The smallest absolute Gasteiger partial charge is 0.322 e. The number of aryl methyl sites for hydroxylation is 1. The molecule has 0 aliphatic heterocycles. The van der Waals surface area contributed by atoms with Gasteiger partial charge in [0, 0.05) is 5.69 Å². The molecule has 0 radical (unpaired) electrons. The second-order valence-corrected chi connectivity index (χ2v) is 10.5. The third-order valence-corrected chi connectivity index (χ3v) is 7.80. The number of carbonyl (C=O) groups excluding carboxylic acids is 1. The van der Waals surface area contributed by atoms with Crippen molar-refractivity contribution in [2.45, 2.75) is 68.6 Å². The molecule has 2 aliphatic rings. The van der Waals surface area contributed by atoms with Crippen LogP contribution in [-0.2, 0) is 33.2 Å². The van der Waals surface area contributed by atoms with Gasteiger partial charge >= 0.3 is 6.03 Å². The summed E-state index contributed by atoms with van der Waals surface area (Å²) in [6, 6.07) is 3.39. The summed E-state index contributed by atoms with van der Waals surface area (Å²) in [7, 11) is -1.79. The highest BCUT2D eigenvalue weighted by molar-refractivity contribution is 7.78. The lowest BCUT2D eigenvalue weighted by Gasteiger charge is -2.17. The van der Waals surface area contributed by atoms with E-state index in [2.05, 4.69) is 22.7 Å². The van der Waals surface area contributed by atoms with Gasteiger partial charge in [-0.25, -0.2) is 4.79 Å². The number of nitrogens with one attached hydrogen (secondary N) is 1. The maximum atomic E-state index is 12.5. The van der Waals surface area contributed by atoms with Gasteiger partial charge in [-0.05, 0) is 96.2 Å². The molecule has 0 spiro atoms. The largest absolute Gasteiger partial charge is 0.439 e. The Labute approximate surface area is 171 Å². The number of fused-ring (bicyclic) bond motifs is 1. The number of benzene rings is 1. The number of hydrogen-bond donors (Lipinski definition) is 2. The topological polar surface area (TPSA) is 78.8 Å². The van der Waals surface area contributed by atoms with Crippen molar-refractivity contribution in [2.75, 3.05) is 5.32 Å². The van der Waals surface area contributed by atoms with E-state index < -0.39 is 22.2 Å². The molecule has 28 heavy (non-hydrogen) atoms. The summed E-state index contributed by atoms with van der Waals surface area (Å²) in [5.74, 6) is 0.610. The molecule has 2 aliphatic carbocycles. The standard InChI is InChI=1S/C21H25N2O3S2/c1-12-17(13-7-8-13)9-14-5-4-6-16(14)19(12)22-20(24)23-28(26)18-10-15(11-27-18)21(2,3)25/h9-11,13,25H,4-8H2,1-3H3,(H,22,24)/q-1. The van der Waals surface area contributed by atoms with Gasteiger partial charge in [-0.3, -0.25) is 0 Å². The molecule has 7 heteroatoms. The van der Waals surface area contributed by atoms with Gasteiger partial charge in [-0.2, -0.15) is 11.3 Å². The first-order valence-corrected chi connectivity index (χ1v) is 11.6. The highest BCUT2D eigenvalue weighted by Crippen LogP contribution is 2.46. The molecule has 2 aromatic rings. The van der Waals surface area contributed by atoms with Crippen molar-refractivity contribution in [1.29, 1.82) is 0 Å². The molecule has 0 atom stereocenters. The molecule has 1 saturated carbocycles. The van der Waals surface area contributed by atoms with Crippen LogP contribution in [0.4, 0.5) is 10.5 Å². The number of hydrogen-bond acceptors (Lipinski definition) is 5. The van der Waals surface area contributed by atoms with Gasteiger partial charge in [0.05, 0.1) is 5.60 Å². The molecule has 0 unspecified atom stereocenters. The van der Waals surface area contributed by atoms with Gasteiger partial charge in [0.1, 0.15) is 0 Å². The van der Waals surface area contributed by atoms with Crippen molar-refractivity contribution in [2.24, 2.45) is 4.36 Å². The van der Waals surface area contributed by atoms with Crippen LogP contribution < -0.4 is 5.32 Å². The number of carbonyl (C=O) groups is 1. The summed E-state index contributed by atoms with van der Waals surface area (Å²) in [4.78, 5) is 12.5. The Bertz CT molecular complexity index is 1020. The molecule has 0 saturated heterocycles. The first-order chi connectivity index (χ1) is 13.2. The number of thiophene rings is 1. The van der Waals surface area contributed by atoms with Gasteiger partial charge in [0.2, 0.25) is 0 Å². The molecule has 1 aromatic heterocycles. The summed E-state index contributed by atoms with van der Waals surface area (Å²) in [5, 5.41) is 14.7. The molecule has 1 heterocycles. The third-order valence-electron chi connectivity index (χ3n) is 5.57. The molecule has 2 amide bonds. The van der Waals surface area contributed by atoms with E-state index in [-0.39, 0.29) is 0 Å². The fourth-order valence-corrected chi connectivity index (χ4v) is 5.74. The number of aliphatic hydroxyl groups is 1. The average Bonchev–Trinajstić information content (AvgIpc) is 3.14. The van der Waals surface area contributed by atoms with Gasteiger partial charge in [-0.15, -0.1) is 10.6 Å². The second kappa shape index (κ2) is 7.28. The molecule has 5 nitrogen and oxygen atoms in total. The van der Waals surface area contributed by atoms with Crippen LogP contribution >= 0.6 is 11.3 Å². The van der Waals surface area contributed by atoms with E-state index in [4.69, 9.17) is 0 Å². The number of anilines is 1. The molecule has 4 rings (SSSR count). The van der Waals surface area contributed by atoms with Crippen LogP contribution in [0, 0.1) is 6.92 Å². The Balaban J connectivity index is 1.60. The number of nitrogens with zero attached hydrogens (tertiary/aromatic N) is 1. The van der Waals surface area contributed by atoms with Gasteiger partial charge in [0.15, 0.2) is 0 Å². The Hall–Kier alpha value is -1.70. The van der Waals surface area contributed by atoms with E-state index in [0.717, 1.165) is 30.5 Å². The predicted molar refractivity (Wildman–Crippen MR) is 113 cm³/mol. The fourth-order valence-electron chi connectivity index (χ4n) is 3.85. The molecule has 0 bridgehead atoms. The number of urea groups is 1. The van der Waals surface area contributed by atoms with Crippen molar-refractivity contribution in [3.63, 3.8) is 0 Å². The third kappa shape index (κ3) is 3.88. The lowest BCUT2D eigenvalue weighted by atomic mass is 9.95. The summed E-state index contributed by atoms with van der Waals surface area (Å²) < 4.78 is 16.8. The maximum absolute atomic E-state index is 12.5. The number of rotatable bonds is 4. The van der Waals surface area contributed by atoms with Gasteiger partial charge < -0.3 is 19.0 Å². The van der Waals surface area contributed by atoms with Crippen molar-refractivity contribution >= 4 is 33.7 Å². The quantitative estimate of drug-likeness (QED) is 0.655. The van der Waals surface area contributed by atoms with E-state index in [1.165, 1.54) is 40.9 Å². The Morgan fingerprint density at radius 2 is 2.07 bits per heavy atom. The minimum Gasteiger partial charge on any atom is -0.439 e. The highest BCUT2D eigenvalue weighted by Gasteiger charge is 2.29. The van der Waals surface area contributed by atoms with Crippen LogP contribution in [0.3, 0.4) is 0 Å². The van der Waals surface area contributed by atoms with Crippen molar-refractivity contribution in [3.8, 4) is 0 Å². The van der Waals surface area contributed by atoms with E-state index in [1.54, 1.807) is 25.3 Å². The Morgan fingerprint density at radius 3 is 2.71 bits per heavy atom. The zero-order chi connectivity index (χ0) is 20.1. The highest BCUT2D eigenvalue weighted by atomic mass is 32.2. The first kappa shape index (κ1) is 19.6. The van der Waals surface area contributed by atoms with E-state index in [0.29, 0.717) is 15.7 Å². The first-order valence-electron chi connectivity index (χ1n) is 9.65. The van der Waals surface area contributed by atoms with E-state index in [1.807, 2.05) is 0 Å². The van der Waals surface area contributed by atoms with Crippen LogP contribution in [0.25, 0.3) is 0 Å². The predicted octanol–water partition coefficient (Wildman–Crippen LogP) is 5.39. The van der Waals surface area contributed by atoms with Crippen LogP contribution in [0.15, 0.2) is 26.1 Å². The SMILES string of the molecule is Cc1c(C2CC2)cc2c(c1NC(=O)/N=[S-](=O)/c1cc(C(C)(C)O)cs1)CCC2. The van der Waals surface area contributed by atoms with Crippen molar-refractivity contribution in [1.82, 2.24) is 0 Å². The second-order valence-electron chi connectivity index (χ2n) is 8.22. The molecule has 1 fully saturated rings. The van der Waals surface area contributed by atoms with Crippen molar-refractivity contribution in [3.05, 3.63) is 45.3 Å². The van der Waals surface area contributed by atoms with Crippen LogP contribution in [-0.4, -0.2) is 11.1 Å². The minimum atomic E-state index is -1.79. The fraction of sp³-hybridized carbons (Fsp3) is 0.476. The average molecular weight is 418 g/mol. The lowest BCUT2D eigenvalue weighted by molar-refractivity contribution is 0.0789. The summed E-state index contributed by atoms with van der Waals surface area (Å²) in [6.07, 6.45) is 5.53. The summed E-state index contributed by atoms with van der Waals surface area (Å²) >= 11 is 1.24. The van der Waals surface area contributed by atoms with E-state index in [9.17, 15) is 14.1 Å². The molecular formula is C21H25N2O3S2-. The molecule has 1 aromatic carbocycles.